The standard InChI is InChI=1S/C16H19ClO4/c17-13-2-1-3-14(8-13)20-10-15(18)12-4-6-21-16(9-12)5-7-19-11-16/h1-3,8,12H,4-7,9-11H2. The van der Waals surface area contributed by atoms with E-state index in [9.17, 15) is 4.79 Å². The van der Waals surface area contributed by atoms with E-state index in [4.69, 9.17) is 25.8 Å². The Labute approximate surface area is 129 Å². The van der Waals surface area contributed by atoms with Gasteiger partial charge in [-0.05, 0) is 31.0 Å². The van der Waals surface area contributed by atoms with E-state index in [1.54, 1.807) is 24.3 Å². The van der Waals surface area contributed by atoms with E-state index in [2.05, 4.69) is 0 Å². The van der Waals surface area contributed by atoms with E-state index in [-0.39, 0.29) is 23.9 Å². The second kappa shape index (κ2) is 6.34. The van der Waals surface area contributed by atoms with Crippen molar-refractivity contribution in [2.75, 3.05) is 26.4 Å². The normalized spacial score (nSPS) is 28.7. The van der Waals surface area contributed by atoms with Crippen molar-refractivity contribution in [3.8, 4) is 5.75 Å². The van der Waals surface area contributed by atoms with Crippen LogP contribution in [0.3, 0.4) is 0 Å². The van der Waals surface area contributed by atoms with E-state index in [1.165, 1.54) is 0 Å². The van der Waals surface area contributed by atoms with Gasteiger partial charge >= 0.3 is 0 Å². The Morgan fingerprint density at radius 2 is 2.33 bits per heavy atom. The molecule has 1 aromatic carbocycles. The highest BCUT2D eigenvalue weighted by molar-refractivity contribution is 6.30. The summed E-state index contributed by atoms with van der Waals surface area (Å²) < 4.78 is 16.8. The van der Waals surface area contributed by atoms with Crippen LogP contribution in [0.2, 0.25) is 5.02 Å². The van der Waals surface area contributed by atoms with Gasteiger partial charge in [0.2, 0.25) is 0 Å². The Morgan fingerprint density at radius 1 is 1.43 bits per heavy atom. The number of Topliss-reactive ketones (excluding diaryl/α,β-unsaturated/α-hetero) is 1. The molecule has 0 N–H and O–H groups in total. The van der Waals surface area contributed by atoms with Crippen molar-refractivity contribution >= 4 is 17.4 Å². The van der Waals surface area contributed by atoms with Crippen molar-refractivity contribution in [1.82, 2.24) is 0 Å². The molecule has 0 aromatic heterocycles. The lowest BCUT2D eigenvalue weighted by Crippen LogP contribution is -2.43. The highest BCUT2D eigenvalue weighted by atomic mass is 35.5. The highest BCUT2D eigenvalue weighted by Gasteiger charge is 2.42. The largest absolute Gasteiger partial charge is 0.486 e. The van der Waals surface area contributed by atoms with Gasteiger partial charge in [-0.3, -0.25) is 4.79 Å². The van der Waals surface area contributed by atoms with Crippen LogP contribution in [0.5, 0.6) is 5.75 Å². The second-order valence-corrected chi connectivity index (χ2v) is 6.17. The molecule has 4 nitrogen and oxygen atoms in total. The average Bonchev–Trinajstić information content (AvgIpc) is 2.93. The number of carbonyl (C=O) groups excluding carboxylic acids is 1. The minimum Gasteiger partial charge on any atom is -0.486 e. The molecule has 0 saturated carbocycles. The Hall–Kier alpha value is -1.10. The zero-order valence-corrected chi connectivity index (χ0v) is 12.6. The Kier molecular flexibility index (Phi) is 4.48. The number of hydrogen-bond donors (Lipinski definition) is 0. The molecule has 1 aromatic rings. The zero-order chi connectivity index (χ0) is 14.7. The smallest absolute Gasteiger partial charge is 0.173 e. The molecule has 114 valence electrons. The van der Waals surface area contributed by atoms with Crippen LogP contribution in [0.1, 0.15) is 19.3 Å². The maximum absolute atomic E-state index is 12.3. The molecule has 3 rings (SSSR count). The summed E-state index contributed by atoms with van der Waals surface area (Å²) in [5.41, 5.74) is -0.241. The van der Waals surface area contributed by atoms with Crippen molar-refractivity contribution in [2.24, 2.45) is 5.92 Å². The van der Waals surface area contributed by atoms with Crippen molar-refractivity contribution in [2.45, 2.75) is 24.9 Å². The molecule has 0 bridgehead atoms. The Balaban J connectivity index is 1.55. The van der Waals surface area contributed by atoms with Crippen molar-refractivity contribution < 1.29 is 19.0 Å². The molecule has 2 saturated heterocycles. The van der Waals surface area contributed by atoms with Gasteiger partial charge < -0.3 is 14.2 Å². The number of hydrogen-bond acceptors (Lipinski definition) is 4. The third-order valence-electron chi connectivity index (χ3n) is 4.19. The molecule has 0 radical (unpaired) electrons. The highest BCUT2D eigenvalue weighted by Crippen LogP contribution is 2.36. The molecule has 2 aliphatic heterocycles. The molecule has 21 heavy (non-hydrogen) atoms. The maximum Gasteiger partial charge on any atom is 0.173 e. The Morgan fingerprint density at radius 3 is 3.10 bits per heavy atom. The molecule has 5 heteroatoms. The topological polar surface area (TPSA) is 44.8 Å². The van der Waals surface area contributed by atoms with Gasteiger partial charge in [-0.15, -0.1) is 0 Å². The fourth-order valence-electron chi connectivity index (χ4n) is 2.99. The van der Waals surface area contributed by atoms with E-state index in [0.29, 0.717) is 24.0 Å². The van der Waals surface area contributed by atoms with E-state index in [1.807, 2.05) is 0 Å². The number of ether oxygens (including phenoxy) is 3. The number of rotatable bonds is 4. The van der Waals surface area contributed by atoms with Gasteiger partial charge in [0, 0.05) is 30.6 Å². The summed E-state index contributed by atoms with van der Waals surface area (Å²) in [6.45, 7) is 2.03. The molecular formula is C16H19ClO4. The van der Waals surface area contributed by atoms with E-state index >= 15 is 0 Å². The minimum atomic E-state index is -0.241. The van der Waals surface area contributed by atoms with Crippen LogP contribution in [-0.2, 0) is 14.3 Å². The number of benzene rings is 1. The summed E-state index contributed by atoms with van der Waals surface area (Å²) in [6.07, 6.45) is 2.39. The van der Waals surface area contributed by atoms with Crippen molar-refractivity contribution in [3.63, 3.8) is 0 Å². The first kappa shape index (κ1) is 14.8. The molecule has 0 aliphatic carbocycles. The summed E-state index contributed by atoms with van der Waals surface area (Å²) in [5.74, 6) is 0.756. The van der Waals surface area contributed by atoms with Gasteiger partial charge in [-0.25, -0.2) is 0 Å². The first-order valence-corrected chi connectivity index (χ1v) is 7.67. The van der Waals surface area contributed by atoms with E-state index in [0.717, 1.165) is 25.9 Å². The fraction of sp³-hybridized carbons (Fsp3) is 0.562. The van der Waals surface area contributed by atoms with Gasteiger partial charge in [0.1, 0.15) is 12.4 Å². The summed E-state index contributed by atoms with van der Waals surface area (Å²) in [7, 11) is 0. The van der Waals surface area contributed by atoms with Gasteiger partial charge in [0.15, 0.2) is 5.78 Å². The molecule has 1 spiro atoms. The maximum atomic E-state index is 12.3. The SMILES string of the molecule is O=C(COc1cccc(Cl)c1)C1CCOC2(CCOC2)C1. The number of halogens is 1. The second-order valence-electron chi connectivity index (χ2n) is 5.74. The van der Waals surface area contributed by atoms with Gasteiger partial charge in [0.25, 0.3) is 0 Å². The van der Waals surface area contributed by atoms with Crippen molar-refractivity contribution in [1.29, 1.82) is 0 Å². The molecule has 2 unspecified atom stereocenters. The predicted octanol–water partition coefficient (Wildman–Crippen LogP) is 2.87. The molecule has 2 atom stereocenters. The van der Waals surface area contributed by atoms with Gasteiger partial charge in [-0.2, -0.15) is 0 Å². The summed E-state index contributed by atoms with van der Waals surface area (Å²) >= 11 is 5.90. The molecule has 2 aliphatic rings. The predicted molar refractivity (Wildman–Crippen MR) is 78.8 cm³/mol. The zero-order valence-electron chi connectivity index (χ0n) is 11.8. The van der Waals surface area contributed by atoms with Gasteiger partial charge in [-0.1, -0.05) is 17.7 Å². The lowest BCUT2D eigenvalue weighted by Gasteiger charge is -2.36. The first-order valence-electron chi connectivity index (χ1n) is 7.30. The molecule has 2 heterocycles. The Bertz CT molecular complexity index is 511. The summed E-state index contributed by atoms with van der Waals surface area (Å²) in [6, 6.07) is 7.10. The first-order chi connectivity index (χ1) is 10.2. The number of carbonyl (C=O) groups is 1. The van der Waals surface area contributed by atoms with Crippen LogP contribution >= 0.6 is 11.6 Å². The van der Waals surface area contributed by atoms with E-state index < -0.39 is 0 Å². The third kappa shape index (κ3) is 3.57. The van der Waals surface area contributed by atoms with Crippen LogP contribution in [0, 0.1) is 5.92 Å². The van der Waals surface area contributed by atoms with Crippen molar-refractivity contribution in [3.05, 3.63) is 29.3 Å². The third-order valence-corrected chi connectivity index (χ3v) is 4.43. The average molecular weight is 311 g/mol. The van der Waals surface area contributed by atoms with Crippen LogP contribution in [0.15, 0.2) is 24.3 Å². The summed E-state index contributed by atoms with van der Waals surface area (Å²) in [4.78, 5) is 12.3. The lowest BCUT2D eigenvalue weighted by molar-refractivity contribution is -0.138. The lowest BCUT2D eigenvalue weighted by atomic mass is 9.83. The van der Waals surface area contributed by atoms with Crippen LogP contribution in [0.4, 0.5) is 0 Å². The molecular weight excluding hydrogens is 292 g/mol. The molecule has 2 fully saturated rings. The number of ketones is 1. The van der Waals surface area contributed by atoms with Gasteiger partial charge in [0.05, 0.1) is 12.2 Å². The monoisotopic (exact) mass is 310 g/mol. The fourth-order valence-corrected chi connectivity index (χ4v) is 3.18. The molecule has 0 amide bonds. The summed E-state index contributed by atoms with van der Waals surface area (Å²) in [5, 5.41) is 0.605. The quantitative estimate of drug-likeness (QED) is 0.858. The van der Waals surface area contributed by atoms with Crippen LogP contribution in [0.25, 0.3) is 0 Å². The minimum absolute atomic E-state index is 0.000339. The van der Waals surface area contributed by atoms with Crippen LogP contribution < -0.4 is 4.74 Å². The van der Waals surface area contributed by atoms with Crippen LogP contribution in [-0.4, -0.2) is 37.8 Å².